The summed E-state index contributed by atoms with van der Waals surface area (Å²) in [5, 5.41) is 3.09. The molecule has 0 aliphatic carbocycles. The SMILES string of the molecule is COc1cccc(C(=O)Nc2nc(-c3ccccc3)c(C(C)=O)s2)c1OC. The van der Waals surface area contributed by atoms with Crippen molar-refractivity contribution in [3.8, 4) is 22.8 Å². The van der Waals surface area contributed by atoms with Gasteiger partial charge in [0, 0.05) is 12.5 Å². The van der Waals surface area contributed by atoms with Crippen LogP contribution < -0.4 is 14.8 Å². The lowest BCUT2D eigenvalue weighted by Gasteiger charge is -2.11. The van der Waals surface area contributed by atoms with Crippen LogP contribution in [0.25, 0.3) is 11.3 Å². The second-order valence-electron chi connectivity index (χ2n) is 5.61. The first kappa shape index (κ1) is 18.6. The molecule has 0 bridgehead atoms. The summed E-state index contributed by atoms with van der Waals surface area (Å²) < 4.78 is 10.5. The van der Waals surface area contributed by atoms with E-state index < -0.39 is 5.91 Å². The molecule has 1 aromatic heterocycles. The minimum Gasteiger partial charge on any atom is -0.493 e. The van der Waals surface area contributed by atoms with Gasteiger partial charge < -0.3 is 9.47 Å². The van der Waals surface area contributed by atoms with Crippen LogP contribution in [0, 0.1) is 0 Å². The van der Waals surface area contributed by atoms with Gasteiger partial charge in [0.2, 0.25) is 0 Å². The van der Waals surface area contributed by atoms with E-state index in [1.165, 1.54) is 21.1 Å². The Labute approximate surface area is 160 Å². The first-order valence-electron chi connectivity index (χ1n) is 8.14. The summed E-state index contributed by atoms with van der Waals surface area (Å²) >= 11 is 1.14. The fourth-order valence-electron chi connectivity index (χ4n) is 2.63. The maximum Gasteiger partial charge on any atom is 0.261 e. The van der Waals surface area contributed by atoms with Crippen LogP contribution in [0.1, 0.15) is 27.0 Å². The Bertz CT molecular complexity index is 983. The minimum absolute atomic E-state index is 0.106. The molecule has 27 heavy (non-hydrogen) atoms. The Morgan fingerprint density at radius 1 is 1.00 bits per heavy atom. The van der Waals surface area contributed by atoms with Gasteiger partial charge >= 0.3 is 0 Å². The van der Waals surface area contributed by atoms with Crippen LogP contribution in [0.2, 0.25) is 0 Å². The zero-order valence-corrected chi connectivity index (χ0v) is 15.9. The third-order valence-corrected chi connectivity index (χ3v) is 4.93. The van der Waals surface area contributed by atoms with Crippen molar-refractivity contribution in [2.45, 2.75) is 6.92 Å². The van der Waals surface area contributed by atoms with Gasteiger partial charge in [-0.3, -0.25) is 14.9 Å². The van der Waals surface area contributed by atoms with Gasteiger partial charge in [-0.15, -0.1) is 0 Å². The van der Waals surface area contributed by atoms with Crippen molar-refractivity contribution in [2.75, 3.05) is 19.5 Å². The number of nitrogens with zero attached hydrogens (tertiary/aromatic N) is 1. The highest BCUT2D eigenvalue weighted by Crippen LogP contribution is 2.34. The average molecular weight is 382 g/mol. The van der Waals surface area contributed by atoms with Gasteiger partial charge in [0.25, 0.3) is 5.91 Å². The van der Waals surface area contributed by atoms with Gasteiger partial charge in [-0.2, -0.15) is 0 Å². The van der Waals surface area contributed by atoms with E-state index in [1.54, 1.807) is 18.2 Å². The first-order valence-corrected chi connectivity index (χ1v) is 8.96. The quantitative estimate of drug-likeness (QED) is 0.644. The molecule has 3 aromatic rings. The number of para-hydroxylation sites is 1. The first-order chi connectivity index (χ1) is 13.0. The van der Waals surface area contributed by atoms with E-state index in [0.717, 1.165) is 16.9 Å². The second kappa shape index (κ2) is 8.01. The molecule has 7 heteroatoms. The van der Waals surface area contributed by atoms with E-state index in [2.05, 4.69) is 10.3 Å². The molecule has 0 aliphatic heterocycles. The molecule has 0 radical (unpaired) electrons. The van der Waals surface area contributed by atoms with E-state index in [1.807, 2.05) is 30.3 Å². The van der Waals surface area contributed by atoms with Crippen LogP contribution in [0.3, 0.4) is 0 Å². The number of benzene rings is 2. The molecule has 0 saturated heterocycles. The summed E-state index contributed by atoms with van der Waals surface area (Å²) in [7, 11) is 2.98. The van der Waals surface area contributed by atoms with E-state index in [-0.39, 0.29) is 5.78 Å². The summed E-state index contributed by atoms with van der Waals surface area (Å²) in [6.45, 7) is 1.48. The molecule has 0 atom stereocenters. The van der Waals surface area contributed by atoms with Crippen LogP contribution in [0.5, 0.6) is 11.5 Å². The minimum atomic E-state index is -0.394. The monoisotopic (exact) mass is 382 g/mol. The van der Waals surface area contributed by atoms with Gasteiger partial charge in [0.15, 0.2) is 22.4 Å². The van der Waals surface area contributed by atoms with E-state index in [4.69, 9.17) is 9.47 Å². The lowest BCUT2D eigenvalue weighted by atomic mass is 10.1. The molecular weight excluding hydrogens is 364 g/mol. The average Bonchev–Trinajstić information content (AvgIpc) is 3.12. The maximum atomic E-state index is 12.7. The van der Waals surface area contributed by atoms with Crippen LogP contribution in [-0.4, -0.2) is 30.9 Å². The number of thiazole rings is 1. The van der Waals surface area contributed by atoms with E-state index in [9.17, 15) is 9.59 Å². The number of aromatic nitrogens is 1. The molecule has 1 heterocycles. The number of carbonyl (C=O) groups is 2. The molecule has 1 amide bonds. The number of hydrogen-bond acceptors (Lipinski definition) is 6. The number of anilines is 1. The maximum absolute atomic E-state index is 12.7. The number of methoxy groups -OCH3 is 2. The summed E-state index contributed by atoms with van der Waals surface area (Å²) in [6.07, 6.45) is 0. The van der Waals surface area contributed by atoms with Gasteiger partial charge in [-0.25, -0.2) is 4.98 Å². The molecule has 1 N–H and O–H groups in total. The van der Waals surface area contributed by atoms with Crippen molar-refractivity contribution in [3.05, 3.63) is 59.0 Å². The number of ketones is 1. The molecule has 0 spiro atoms. The predicted molar refractivity (Wildman–Crippen MR) is 105 cm³/mol. The molecule has 3 rings (SSSR count). The summed E-state index contributed by atoms with van der Waals surface area (Å²) in [6, 6.07) is 14.4. The topological polar surface area (TPSA) is 77.5 Å². The Hall–Kier alpha value is -3.19. The van der Waals surface area contributed by atoms with Crippen molar-refractivity contribution >= 4 is 28.2 Å². The standard InChI is InChI=1S/C20H18N2O4S/c1-12(23)18-16(13-8-5-4-6-9-13)21-20(27-18)22-19(24)14-10-7-11-15(25-2)17(14)26-3/h4-11H,1-3H3,(H,21,22,24). The molecule has 0 saturated carbocycles. The third-order valence-electron chi connectivity index (χ3n) is 3.86. The number of Topliss-reactive ketones (excluding diaryl/α,β-unsaturated/α-hetero) is 1. The normalized spacial score (nSPS) is 10.3. The Balaban J connectivity index is 1.95. The van der Waals surface area contributed by atoms with Crippen LogP contribution in [0.15, 0.2) is 48.5 Å². The van der Waals surface area contributed by atoms with Gasteiger partial charge in [-0.1, -0.05) is 47.7 Å². The molecule has 0 aliphatic rings. The molecular formula is C20H18N2O4S. The summed E-state index contributed by atoms with van der Waals surface area (Å²) in [4.78, 5) is 29.7. The van der Waals surface area contributed by atoms with E-state index >= 15 is 0 Å². The highest BCUT2D eigenvalue weighted by Gasteiger charge is 2.21. The fraction of sp³-hybridized carbons (Fsp3) is 0.150. The van der Waals surface area contributed by atoms with Crippen molar-refractivity contribution in [1.29, 1.82) is 0 Å². The lowest BCUT2D eigenvalue weighted by molar-refractivity contribution is 0.101. The van der Waals surface area contributed by atoms with Gasteiger partial charge in [-0.05, 0) is 12.1 Å². The Morgan fingerprint density at radius 3 is 2.37 bits per heavy atom. The van der Waals surface area contributed by atoms with Gasteiger partial charge in [0.05, 0.1) is 30.4 Å². The Kier molecular flexibility index (Phi) is 5.52. The lowest BCUT2D eigenvalue weighted by Crippen LogP contribution is -2.13. The number of carbonyl (C=O) groups excluding carboxylic acids is 2. The second-order valence-corrected chi connectivity index (χ2v) is 6.61. The van der Waals surface area contributed by atoms with Crippen molar-refractivity contribution in [1.82, 2.24) is 4.98 Å². The number of hydrogen-bond donors (Lipinski definition) is 1. The van der Waals surface area contributed by atoms with Crippen molar-refractivity contribution in [3.63, 3.8) is 0 Å². The number of nitrogens with one attached hydrogen (secondary N) is 1. The fourth-order valence-corrected chi connectivity index (χ4v) is 3.51. The molecule has 138 valence electrons. The molecule has 2 aromatic carbocycles. The number of amides is 1. The smallest absolute Gasteiger partial charge is 0.261 e. The summed E-state index contributed by atoms with van der Waals surface area (Å²) in [5.41, 5.74) is 1.69. The Morgan fingerprint density at radius 2 is 1.74 bits per heavy atom. The van der Waals surface area contributed by atoms with Crippen LogP contribution in [-0.2, 0) is 0 Å². The molecule has 0 unspecified atom stereocenters. The van der Waals surface area contributed by atoms with Crippen molar-refractivity contribution < 1.29 is 19.1 Å². The molecule has 0 fully saturated rings. The zero-order chi connectivity index (χ0) is 19.4. The van der Waals surface area contributed by atoms with E-state index in [0.29, 0.717) is 32.8 Å². The highest BCUT2D eigenvalue weighted by atomic mass is 32.1. The number of ether oxygens (including phenoxy) is 2. The van der Waals surface area contributed by atoms with Crippen LogP contribution >= 0.6 is 11.3 Å². The van der Waals surface area contributed by atoms with Crippen LogP contribution in [0.4, 0.5) is 5.13 Å². The summed E-state index contributed by atoms with van der Waals surface area (Å²) in [5.74, 6) is 0.294. The number of rotatable bonds is 6. The zero-order valence-electron chi connectivity index (χ0n) is 15.1. The third kappa shape index (κ3) is 3.83. The van der Waals surface area contributed by atoms with Gasteiger partial charge in [0.1, 0.15) is 0 Å². The van der Waals surface area contributed by atoms with Crippen molar-refractivity contribution in [2.24, 2.45) is 0 Å². The molecule has 6 nitrogen and oxygen atoms in total. The highest BCUT2D eigenvalue weighted by molar-refractivity contribution is 7.18. The predicted octanol–water partition coefficient (Wildman–Crippen LogP) is 4.28. The largest absolute Gasteiger partial charge is 0.493 e.